The van der Waals surface area contributed by atoms with Crippen molar-refractivity contribution in [1.82, 2.24) is 0 Å². The Morgan fingerprint density at radius 1 is 0.857 bits per heavy atom. The molecule has 0 rings (SSSR count). The molecule has 2 atom stereocenters. The summed E-state index contributed by atoms with van der Waals surface area (Å²) >= 11 is 0. The third kappa shape index (κ3) is 14.2. The molecule has 0 aromatic rings. The summed E-state index contributed by atoms with van der Waals surface area (Å²) in [4.78, 5) is 0. The molecule has 0 aromatic heterocycles. The summed E-state index contributed by atoms with van der Waals surface area (Å²) < 4.78 is 33.6. The summed E-state index contributed by atoms with van der Waals surface area (Å²) in [6.45, 7) is 4.18. The van der Waals surface area contributed by atoms with E-state index < -0.39 is 21.5 Å². The minimum absolute atomic E-state index is 0. The van der Waals surface area contributed by atoms with Crippen molar-refractivity contribution in [2.75, 3.05) is 0 Å². The minimum atomic E-state index is -4.23. The van der Waals surface area contributed by atoms with Crippen LogP contribution in [0.1, 0.15) is 84.5 Å². The zero-order valence-electron chi connectivity index (χ0n) is 14.0. The summed E-state index contributed by atoms with van der Waals surface area (Å²) in [6, 6.07) is 0. The van der Waals surface area contributed by atoms with Crippen LogP contribution < -0.4 is 29.6 Å². The fourth-order valence-corrected chi connectivity index (χ4v) is 3.26. The van der Waals surface area contributed by atoms with E-state index in [9.17, 15) is 18.1 Å². The molecule has 0 aromatic carbocycles. The van der Waals surface area contributed by atoms with Crippen LogP contribution in [0.4, 0.5) is 0 Å². The summed E-state index contributed by atoms with van der Waals surface area (Å²) in [7, 11) is -4.23. The van der Waals surface area contributed by atoms with Gasteiger partial charge in [0.15, 0.2) is 0 Å². The number of aliphatic hydroxyl groups excluding tert-OH is 1. The maximum absolute atomic E-state index is 11.2. The molecular weight excluding hydrogens is 299 g/mol. The van der Waals surface area contributed by atoms with Gasteiger partial charge in [-0.1, -0.05) is 58.8 Å². The van der Waals surface area contributed by atoms with Crippen LogP contribution in [0.5, 0.6) is 0 Å². The van der Waals surface area contributed by atoms with Gasteiger partial charge in [-0.2, -0.15) is 0 Å². The predicted molar refractivity (Wildman–Crippen MR) is 81.6 cm³/mol. The number of rotatable bonds is 13. The molecule has 0 bridgehead atoms. The number of unbranched alkanes of at least 4 members (excludes halogenated alkanes) is 5. The maximum atomic E-state index is 11.2. The number of hydrogen-bond donors (Lipinski definition) is 1. The van der Waals surface area contributed by atoms with E-state index in [4.69, 9.17) is 0 Å². The van der Waals surface area contributed by atoms with Crippen LogP contribution in [-0.2, 0) is 10.1 Å². The van der Waals surface area contributed by atoms with Crippen molar-refractivity contribution in [3.05, 3.63) is 0 Å². The molecule has 122 valence electrons. The number of aliphatic hydroxyl groups is 1. The second kappa shape index (κ2) is 14.5. The SMILES string of the molecule is CCCCCCC(O)CCC(CCCCC)S(=O)(=O)[O-].[Na+]. The van der Waals surface area contributed by atoms with Crippen LogP contribution in [0, 0.1) is 0 Å². The smallest absolute Gasteiger partial charge is 0.748 e. The molecule has 0 radical (unpaired) electrons. The topological polar surface area (TPSA) is 77.4 Å². The van der Waals surface area contributed by atoms with Crippen LogP contribution >= 0.6 is 0 Å². The summed E-state index contributed by atoms with van der Waals surface area (Å²) in [5, 5.41) is 9.02. The molecule has 0 saturated carbocycles. The van der Waals surface area contributed by atoms with Gasteiger partial charge < -0.3 is 9.66 Å². The molecule has 0 heterocycles. The monoisotopic (exact) mass is 330 g/mol. The Bertz CT molecular complexity index is 320. The standard InChI is InChI=1S/C15H32O4S.Na/c1-3-5-7-9-10-14(16)12-13-15(20(17,18)19)11-8-6-4-2;/h14-16H,3-13H2,1-2H3,(H,17,18,19);/q;+1/p-1. The molecule has 2 unspecified atom stereocenters. The molecule has 0 saturated heterocycles. The maximum Gasteiger partial charge on any atom is 1.00 e. The zero-order chi connectivity index (χ0) is 15.4. The van der Waals surface area contributed by atoms with Gasteiger partial charge in [0, 0.05) is 5.25 Å². The van der Waals surface area contributed by atoms with Crippen molar-refractivity contribution in [2.45, 2.75) is 95.8 Å². The molecule has 0 fully saturated rings. The average Bonchev–Trinajstić information content (AvgIpc) is 2.37. The fraction of sp³-hybridized carbons (Fsp3) is 1.00. The number of hydrogen-bond acceptors (Lipinski definition) is 4. The normalized spacial score (nSPS) is 14.5. The minimum Gasteiger partial charge on any atom is -0.748 e. The van der Waals surface area contributed by atoms with Gasteiger partial charge in [-0.25, -0.2) is 8.42 Å². The molecule has 4 nitrogen and oxygen atoms in total. The Morgan fingerprint density at radius 2 is 1.38 bits per heavy atom. The first-order valence-electron chi connectivity index (χ1n) is 8.04. The van der Waals surface area contributed by atoms with Gasteiger partial charge in [0.2, 0.25) is 0 Å². The van der Waals surface area contributed by atoms with Gasteiger partial charge in [-0.3, -0.25) is 0 Å². The van der Waals surface area contributed by atoms with Crippen molar-refractivity contribution >= 4 is 10.1 Å². The quantitative estimate of drug-likeness (QED) is 0.305. The Balaban J connectivity index is 0. The van der Waals surface area contributed by atoms with Crippen LogP contribution in [-0.4, -0.2) is 29.4 Å². The van der Waals surface area contributed by atoms with Crippen LogP contribution in [0.2, 0.25) is 0 Å². The Hall–Kier alpha value is 0.870. The average molecular weight is 330 g/mol. The van der Waals surface area contributed by atoms with Gasteiger partial charge in [-0.05, 0) is 25.7 Å². The van der Waals surface area contributed by atoms with E-state index >= 15 is 0 Å². The third-order valence-corrected chi connectivity index (χ3v) is 5.04. The third-order valence-electron chi connectivity index (χ3n) is 3.75. The fourth-order valence-electron chi connectivity index (χ4n) is 2.38. The van der Waals surface area contributed by atoms with Gasteiger partial charge in [0.05, 0.1) is 16.2 Å². The Morgan fingerprint density at radius 3 is 1.90 bits per heavy atom. The van der Waals surface area contributed by atoms with Crippen molar-refractivity contribution in [2.24, 2.45) is 0 Å². The molecule has 0 spiro atoms. The molecule has 6 heteroatoms. The van der Waals surface area contributed by atoms with Crippen LogP contribution in [0.3, 0.4) is 0 Å². The van der Waals surface area contributed by atoms with Gasteiger partial charge in [0.1, 0.15) is 0 Å². The van der Waals surface area contributed by atoms with E-state index in [1.807, 2.05) is 6.92 Å². The molecule has 0 amide bonds. The van der Waals surface area contributed by atoms with Gasteiger partial charge >= 0.3 is 29.6 Å². The van der Waals surface area contributed by atoms with E-state index in [0.29, 0.717) is 25.7 Å². The molecule has 21 heavy (non-hydrogen) atoms. The second-order valence-corrected chi connectivity index (χ2v) is 7.34. The van der Waals surface area contributed by atoms with E-state index in [-0.39, 0.29) is 29.6 Å². The predicted octanol–water partition coefficient (Wildman–Crippen LogP) is 0.596. The second-order valence-electron chi connectivity index (χ2n) is 5.69. The molecular formula is C15H31NaO4S. The van der Waals surface area contributed by atoms with E-state index in [1.165, 1.54) is 6.42 Å². The molecule has 0 aliphatic rings. The first-order chi connectivity index (χ1) is 9.41. The zero-order valence-corrected chi connectivity index (χ0v) is 16.8. The van der Waals surface area contributed by atoms with E-state index in [1.54, 1.807) is 0 Å². The summed E-state index contributed by atoms with van der Waals surface area (Å²) in [6.07, 6.45) is 8.52. The van der Waals surface area contributed by atoms with Crippen LogP contribution in [0.25, 0.3) is 0 Å². The van der Waals surface area contributed by atoms with E-state index in [2.05, 4.69) is 6.92 Å². The van der Waals surface area contributed by atoms with Crippen molar-refractivity contribution in [3.63, 3.8) is 0 Å². The van der Waals surface area contributed by atoms with Crippen molar-refractivity contribution in [3.8, 4) is 0 Å². The summed E-state index contributed by atoms with van der Waals surface area (Å²) in [5.74, 6) is 0. The van der Waals surface area contributed by atoms with Crippen LogP contribution in [0.15, 0.2) is 0 Å². The first-order valence-corrected chi connectivity index (χ1v) is 9.51. The largest absolute Gasteiger partial charge is 1.00 e. The molecule has 0 aliphatic carbocycles. The van der Waals surface area contributed by atoms with Crippen molar-refractivity contribution in [1.29, 1.82) is 0 Å². The van der Waals surface area contributed by atoms with Crippen molar-refractivity contribution < 1.29 is 47.6 Å². The Kier molecular flexibility index (Phi) is 16.6. The van der Waals surface area contributed by atoms with Gasteiger partial charge in [-0.15, -0.1) is 0 Å². The first kappa shape index (κ1) is 24.1. The van der Waals surface area contributed by atoms with Gasteiger partial charge in [0.25, 0.3) is 0 Å². The Labute approximate surface area is 153 Å². The summed E-state index contributed by atoms with van der Waals surface area (Å²) in [5.41, 5.74) is 0. The van der Waals surface area contributed by atoms with E-state index in [0.717, 1.165) is 38.5 Å². The molecule has 0 aliphatic heterocycles. The molecule has 1 N–H and O–H groups in total.